The second kappa shape index (κ2) is 8.51. The van der Waals surface area contributed by atoms with Crippen molar-refractivity contribution >= 4 is 10.0 Å². The van der Waals surface area contributed by atoms with Crippen molar-refractivity contribution in [1.29, 1.82) is 0 Å². The number of hydrogen-bond acceptors (Lipinski definition) is 6. The molecule has 2 fully saturated rings. The Labute approximate surface area is 182 Å². The van der Waals surface area contributed by atoms with Crippen LogP contribution >= 0.6 is 0 Å². The summed E-state index contributed by atoms with van der Waals surface area (Å²) in [4.78, 5) is 8.98. The average Bonchev–Trinajstić information content (AvgIpc) is 3.54. The molecule has 1 aromatic carbocycles. The molecule has 3 heterocycles. The zero-order valence-electron chi connectivity index (χ0n) is 17.3. The summed E-state index contributed by atoms with van der Waals surface area (Å²) in [5.74, 6) is 1.38. The summed E-state index contributed by atoms with van der Waals surface area (Å²) in [6, 6.07) is 13.2. The van der Waals surface area contributed by atoms with Gasteiger partial charge in [0.25, 0.3) is 0 Å². The first kappa shape index (κ1) is 20.3. The molecule has 31 heavy (non-hydrogen) atoms. The lowest BCUT2D eigenvalue weighted by atomic mass is 9.90. The summed E-state index contributed by atoms with van der Waals surface area (Å²) in [6.45, 7) is 0.716. The maximum Gasteiger partial charge on any atom is 0.231 e. The molecule has 5 rings (SSSR count). The number of pyridine rings is 1. The van der Waals surface area contributed by atoms with Crippen LogP contribution in [0.2, 0.25) is 0 Å². The predicted molar refractivity (Wildman–Crippen MR) is 116 cm³/mol. The van der Waals surface area contributed by atoms with E-state index in [0.29, 0.717) is 24.9 Å². The smallest absolute Gasteiger partial charge is 0.231 e. The van der Waals surface area contributed by atoms with Gasteiger partial charge in [0.05, 0.1) is 11.7 Å². The molecular formula is C23H26N4O3S. The Kier molecular flexibility index (Phi) is 5.58. The lowest BCUT2D eigenvalue weighted by Crippen LogP contribution is -2.30. The van der Waals surface area contributed by atoms with Crippen LogP contribution < -0.4 is 0 Å². The van der Waals surface area contributed by atoms with E-state index < -0.39 is 10.0 Å². The monoisotopic (exact) mass is 438 g/mol. The zero-order valence-corrected chi connectivity index (χ0v) is 18.1. The second-order valence-electron chi connectivity index (χ2n) is 8.53. The van der Waals surface area contributed by atoms with Crippen LogP contribution in [0.3, 0.4) is 0 Å². The van der Waals surface area contributed by atoms with Gasteiger partial charge in [0.1, 0.15) is 0 Å². The fourth-order valence-corrected chi connectivity index (χ4v) is 6.37. The van der Waals surface area contributed by atoms with E-state index in [9.17, 15) is 8.42 Å². The highest BCUT2D eigenvalue weighted by atomic mass is 32.2. The molecule has 1 saturated carbocycles. The third-order valence-electron chi connectivity index (χ3n) is 6.48. The highest BCUT2D eigenvalue weighted by molar-refractivity contribution is 7.88. The maximum atomic E-state index is 13.2. The molecule has 8 heteroatoms. The van der Waals surface area contributed by atoms with E-state index in [1.165, 1.54) is 12.8 Å². The molecule has 162 valence electrons. The summed E-state index contributed by atoms with van der Waals surface area (Å²) >= 11 is 0. The second-order valence-corrected chi connectivity index (χ2v) is 10.5. The average molecular weight is 439 g/mol. The van der Waals surface area contributed by atoms with Gasteiger partial charge in [-0.2, -0.15) is 4.98 Å². The number of rotatable bonds is 6. The molecule has 0 bridgehead atoms. The number of nitrogens with zero attached hydrogens (tertiary/aromatic N) is 4. The minimum Gasteiger partial charge on any atom is -0.339 e. The van der Waals surface area contributed by atoms with Crippen molar-refractivity contribution in [2.24, 2.45) is 0 Å². The van der Waals surface area contributed by atoms with Gasteiger partial charge in [0.15, 0.2) is 5.82 Å². The molecule has 0 unspecified atom stereocenters. The quantitative estimate of drug-likeness (QED) is 0.581. The summed E-state index contributed by atoms with van der Waals surface area (Å²) in [7, 11) is -3.48. The molecule has 2 aliphatic rings. The van der Waals surface area contributed by atoms with Gasteiger partial charge in [-0.25, -0.2) is 12.7 Å². The number of hydrogen-bond donors (Lipinski definition) is 0. The normalized spacial score (nSPS) is 22.8. The topological polar surface area (TPSA) is 89.2 Å². The van der Waals surface area contributed by atoms with Gasteiger partial charge >= 0.3 is 0 Å². The number of sulfonamides is 1. The molecule has 0 amide bonds. The van der Waals surface area contributed by atoms with E-state index in [1.807, 2.05) is 42.5 Å². The third-order valence-corrected chi connectivity index (χ3v) is 8.26. The van der Waals surface area contributed by atoms with E-state index in [2.05, 4.69) is 10.1 Å². The first-order valence-corrected chi connectivity index (χ1v) is 12.5. The van der Waals surface area contributed by atoms with Crippen molar-refractivity contribution in [2.45, 2.75) is 49.2 Å². The molecular weight excluding hydrogens is 412 g/mol. The van der Waals surface area contributed by atoms with Gasteiger partial charge in [-0.3, -0.25) is 4.98 Å². The summed E-state index contributed by atoms with van der Waals surface area (Å²) < 4.78 is 33.7. The fraction of sp³-hybridized carbons (Fsp3) is 0.435. The van der Waals surface area contributed by atoms with Crippen molar-refractivity contribution in [3.63, 3.8) is 0 Å². The first-order chi connectivity index (χ1) is 15.1. The van der Waals surface area contributed by atoms with Crippen LogP contribution in [0.1, 0.15) is 66.3 Å². The van der Waals surface area contributed by atoms with E-state index in [-0.39, 0.29) is 17.6 Å². The maximum absolute atomic E-state index is 13.2. The van der Waals surface area contributed by atoms with Crippen LogP contribution in [0.4, 0.5) is 0 Å². The Bertz CT molecular complexity index is 1110. The van der Waals surface area contributed by atoms with Crippen LogP contribution in [0, 0.1) is 0 Å². The summed E-state index contributed by atoms with van der Waals surface area (Å²) in [5, 5.41) is 4.26. The molecule has 1 saturated heterocycles. The summed E-state index contributed by atoms with van der Waals surface area (Å²) in [6.07, 6.45) is 8.10. The molecule has 2 atom stereocenters. The van der Waals surface area contributed by atoms with Gasteiger partial charge in [-0.15, -0.1) is 0 Å². The Morgan fingerprint density at radius 3 is 2.52 bits per heavy atom. The highest BCUT2D eigenvalue weighted by Gasteiger charge is 2.43. The number of aromatic nitrogens is 3. The molecule has 0 radical (unpaired) electrons. The van der Waals surface area contributed by atoms with Gasteiger partial charge in [-0.1, -0.05) is 54.4 Å². The van der Waals surface area contributed by atoms with Gasteiger partial charge in [-0.05, 0) is 30.0 Å². The SMILES string of the molecule is O=S(=O)(Cc1ccccc1)N1C[C@@H](c2cccnc2)[C@H](c2nc(C3CCCC3)no2)C1. The molecule has 1 aliphatic heterocycles. The van der Waals surface area contributed by atoms with Crippen molar-refractivity contribution < 1.29 is 12.9 Å². The van der Waals surface area contributed by atoms with E-state index in [1.54, 1.807) is 16.7 Å². The predicted octanol–water partition coefficient (Wildman–Crippen LogP) is 3.84. The fourth-order valence-electron chi connectivity index (χ4n) is 4.80. The van der Waals surface area contributed by atoms with Crippen LogP contribution in [0.25, 0.3) is 0 Å². The lowest BCUT2D eigenvalue weighted by Gasteiger charge is -2.16. The van der Waals surface area contributed by atoms with Crippen molar-refractivity contribution in [1.82, 2.24) is 19.4 Å². The molecule has 7 nitrogen and oxygen atoms in total. The van der Waals surface area contributed by atoms with E-state index in [0.717, 1.165) is 29.8 Å². The highest BCUT2D eigenvalue weighted by Crippen LogP contribution is 2.41. The third kappa shape index (κ3) is 4.27. The van der Waals surface area contributed by atoms with Gasteiger partial charge < -0.3 is 4.52 Å². The Morgan fingerprint density at radius 2 is 1.77 bits per heavy atom. The van der Waals surface area contributed by atoms with Crippen LogP contribution in [-0.4, -0.2) is 40.9 Å². The van der Waals surface area contributed by atoms with Gasteiger partial charge in [0.2, 0.25) is 15.9 Å². The largest absolute Gasteiger partial charge is 0.339 e. The summed E-state index contributed by atoms with van der Waals surface area (Å²) in [5.41, 5.74) is 1.77. The Balaban J connectivity index is 1.43. The minimum absolute atomic E-state index is 0.0164. The lowest BCUT2D eigenvalue weighted by molar-refractivity contribution is 0.342. The van der Waals surface area contributed by atoms with Crippen LogP contribution in [-0.2, 0) is 15.8 Å². The van der Waals surface area contributed by atoms with E-state index in [4.69, 9.17) is 9.51 Å². The molecule has 3 aromatic rings. The van der Waals surface area contributed by atoms with Crippen molar-refractivity contribution in [3.05, 3.63) is 77.7 Å². The van der Waals surface area contributed by atoms with Crippen LogP contribution in [0.15, 0.2) is 59.4 Å². The van der Waals surface area contributed by atoms with Gasteiger partial charge in [0, 0.05) is 37.3 Å². The number of benzene rings is 1. The molecule has 0 spiro atoms. The van der Waals surface area contributed by atoms with Crippen molar-refractivity contribution in [2.75, 3.05) is 13.1 Å². The molecule has 1 aliphatic carbocycles. The van der Waals surface area contributed by atoms with Crippen molar-refractivity contribution in [3.8, 4) is 0 Å². The molecule has 2 aromatic heterocycles. The first-order valence-electron chi connectivity index (χ1n) is 10.9. The van der Waals surface area contributed by atoms with E-state index >= 15 is 0 Å². The zero-order chi connectivity index (χ0) is 21.3. The Hall–Kier alpha value is -2.58. The molecule has 0 N–H and O–H groups in total. The minimum atomic E-state index is -3.48. The van der Waals surface area contributed by atoms with Crippen LogP contribution in [0.5, 0.6) is 0 Å². The Morgan fingerprint density at radius 1 is 1.00 bits per heavy atom. The standard InChI is InChI=1S/C23H26N4O3S/c28-31(29,16-17-7-2-1-3-8-17)27-14-20(19-11-6-12-24-13-19)21(15-27)23-25-22(26-30-23)18-9-4-5-10-18/h1-3,6-8,11-13,18,20-21H,4-5,9-10,14-16H2/t20-,21+/m0/s1.